The van der Waals surface area contributed by atoms with E-state index < -0.39 is 53.5 Å². The van der Waals surface area contributed by atoms with Gasteiger partial charge in [0.15, 0.2) is 25.0 Å². The van der Waals surface area contributed by atoms with E-state index in [9.17, 15) is 24.6 Å². The molecule has 0 aromatic heterocycles. The molecule has 2 aromatic rings. The summed E-state index contributed by atoms with van der Waals surface area (Å²) in [5.74, 6) is -1.82. The zero-order valence-electron chi connectivity index (χ0n) is 29.9. The molecule has 6 rings (SSSR count). The molecule has 1 saturated carbocycles. The van der Waals surface area contributed by atoms with Crippen LogP contribution in [-0.2, 0) is 34.3 Å². The number of halogens is 1. The van der Waals surface area contributed by atoms with E-state index in [4.69, 9.17) is 30.6 Å². The Kier molecular flexibility index (Phi) is 10.5. The van der Waals surface area contributed by atoms with Crippen LogP contribution in [0.4, 0.5) is 5.69 Å². The van der Waals surface area contributed by atoms with Gasteiger partial charge in [0, 0.05) is 45.5 Å². The molecule has 1 saturated heterocycles. The molecule has 2 heterocycles. The number of amides is 1. The summed E-state index contributed by atoms with van der Waals surface area (Å²) in [5, 5.41) is 29.6. The number of ether oxygens (including phenoxy) is 3. The Morgan fingerprint density at radius 2 is 1.84 bits per heavy atom. The maximum Gasteiger partial charge on any atom is 0.323 e. The van der Waals surface area contributed by atoms with E-state index in [2.05, 4.69) is 12.2 Å². The monoisotopic (exact) mass is 725 g/mol. The number of hydrogen-bond donors (Lipinski definition) is 3. The van der Waals surface area contributed by atoms with Crippen LogP contribution >= 0.6 is 11.6 Å². The second-order valence-corrected chi connectivity index (χ2v) is 15.1. The number of anilines is 1. The lowest BCUT2D eigenvalue weighted by molar-refractivity contribution is -0.225. The van der Waals surface area contributed by atoms with Crippen LogP contribution in [0, 0.1) is 23.7 Å². The number of fused-ring (bicyclic) bond motifs is 4. The van der Waals surface area contributed by atoms with Crippen LogP contribution in [0.25, 0.3) is 0 Å². The van der Waals surface area contributed by atoms with Gasteiger partial charge in [-0.3, -0.25) is 29.6 Å². The number of benzene rings is 2. The predicted molar refractivity (Wildman–Crippen MR) is 188 cm³/mol. The maximum absolute atomic E-state index is 14.1. The number of aliphatic hydroxyl groups is 2. The average molecular weight is 726 g/mol. The maximum atomic E-state index is 14.1. The SMILES string of the molecule is CC(=O)O[C@@H]1C(C)=C[C@@H]2[C@H](C(C)CN(C)C(=O)COc3ccccc3)CC[C@@H](C)[C@]2(O)[C@H]1OC(=O)[C@@H]1C[C@@]2(O)c3cccc(Cl)c3N(C)O[C@H]2N1. The molecule has 0 radical (unpaired) electrons. The lowest BCUT2D eigenvalue weighted by atomic mass is 9.55. The van der Waals surface area contributed by atoms with Crippen LogP contribution in [0.5, 0.6) is 5.75 Å². The molecule has 2 aliphatic heterocycles. The number of hydroxylamine groups is 1. The molecule has 4 aliphatic rings. The van der Waals surface area contributed by atoms with Gasteiger partial charge < -0.3 is 29.3 Å². The summed E-state index contributed by atoms with van der Waals surface area (Å²) in [6.07, 6.45) is 0.00994. The molecule has 1 unspecified atom stereocenters. The predicted octanol–water partition coefficient (Wildman–Crippen LogP) is 3.97. The Morgan fingerprint density at radius 1 is 1.12 bits per heavy atom. The van der Waals surface area contributed by atoms with E-state index in [1.807, 2.05) is 31.2 Å². The van der Waals surface area contributed by atoms with Gasteiger partial charge >= 0.3 is 11.9 Å². The third kappa shape index (κ3) is 6.84. The Hall–Kier alpha value is -3.68. The molecule has 10 atom stereocenters. The van der Waals surface area contributed by atoms with Crippen LogP contribution in [0.2, 0.25) is 5.02 Å². The third-order valence-corrected chi connectivity index (χ3v) is 11.6. The van der Waals surface area contributed by atoms with Gasteiger partial charge in [0.25, 0.3) is 5.91 Å². The largest absolute Gasteiger partial charge is 0.484 e. The highest BCUT2D eigenvalue weighted by Gasteiger charge is 2.62. The highest BCUT2D eigenvalue weighted by Crippen LogP contribution is 2.53. The van der Waals surface area contributed by atoms with Crippen molar-refractivity contribution in [2.45, 2.75) is 82.6 Å². The summed E-state index contributed by atoms with van der Waals surface area (Å²) in [5.41, 5.74) is -1.53. The molecular weight excluding hydrogens is 678 g/mol. The van der Waals surface area contributed by atoms with E-state index in [-0.39, 0.29) is 36.7 Å². The first-order valence-electron chi connectivity index (χ1n) is 17.5. The second-order valence-electron chi connectivity index (χ2n) is 14.7. The fourth-order valence-electron chi connectivity index (χ4n) is 8.60. The zero-order valence-corrected chi connectivity index (χ0v) is 30.6. The molecule has 12 nitrogen and oxygen atoms in total. The van der Waals surface area contributed by atoms with Crippen molar-refractivity contribution in [1.82, 2.24) is 10.2 Å². The number of hydrogen-bond acceptors (Lipinski definition) is 11. The number of para-hydroxylation sites is 2. The molecular formula is C38H48ClN3O9. The number of carbonyl (C=O) groups is 3. The van der Waals surface area contributed by atoms with Crippen LogP contribution in [-0.4, -0.2) is 90.3 Å². The van der Waals surface area contributed by atoms with Crippen LogP contribution in [0.3, 0.4) is 0 Å². The van der Waals surface area contributed by atoms with Gasteiger partial charge in [-0.25, -0.2) is 0 Å². The van der Waals surface area contributed by atoms with Gasteiger partial charge in [0.05, 0.1) is 10.7 Å². The van der Waals surface area contributed by atoms with Crippen molar-refractivity contribution in [2.75, 3.05) is 32.3 Å². The summed E-state index contributed by atoms with van der Waals surface area (Å²) in [6, 6.07) is 13.3. The summed E-state index contributed by atoms with van der Waals surface area (Å²) in [7, 11) is 3.41. The van der Waals surface area contributed by atoms with E-state index in [1.165, 1.54) is 12.0 Å². The number of nitrogens with one attached hydrogen (secondary N) is 1. The quantitative estimate of drug-likeness (QED) is 0.255. The highest BCUT2D eigenvalue weighted by molar-refractivity contribution is 6.33. The zero-order chi connectivity index (χ0) is 36.8. The third-order valence-electron chi connectivity index (χ3n) is 11.3. The van der Waals surface area contributed by atoms with Gasteiger partial charge in [-0.05, 0) is 61.3 Å². The number of nitrogens with zero attached hydrogens (tertiary/aromatic N) is 2. The molecule has 0 spiro atoms. The van der Waals surface area contributed by atoms with E-state index in [0.717, 1.165) is 6.42 Å². The molecule has 2 fully saturated rings. The standard InChI is InChI=1S/C38H48ClN3O9/c1-21-17-28-26(22(2)19-41(5)31(44)20-48-25-11-8-7-9-12-25)16-15-23(3)38(28,47)34(33(21)49-24(4)43)50-35(45)30-18-37(46)27-13-10-14-29(39)32(27)42(6)51-36(37)40-30/h7-14,17,22-23,26,28,30,33-34,36,40,46-47H,15-16,18-20H2,1-6H3/t22?,23-,26+,28-,30+,33-,34+,36-,37-,38-/m1/s1. The highest BCUT2D eigenvalue weighted by atomic mass is 35.5. The summed E-state index contributed by atoms with van der Waals surface area (Å²) < 4.78 is 17.7. The number of likely N-dealkylation sites (N-methyl/N-ethyl adjacent to an activating group) is 1. The topological polar surface area (TPSA) is 147 Å². The van der Waals surface area contributed by atoms with Gasteiger partial charge in [0.2, 0.25) is 0 Å². The first-order valence-corrected chi connectivity index (χ1v) is 17.9. The average Bonchev–Trinajstić information content (AvgIpc) is 3.44. The fourth-order valence-corrected chi connectivity index (χ4v) is 8.89. The van der Waals surface area contributed by atoms with Crippen molar-refractivity contribution in [1.29, 1.82) is 0 Å². The van der Waals surface area contributed by atoms with E-state index in [0.29, 0.717) is 40.6 Å². The van der Waals surface area contributed by atoms with Crippen molar-refractivity contribution in [3.8, 4) is 5.75 Å². The normalized spacial score (nSPS) is 33.2. The Morgan fingerprint density at radius 3 is 2.55 bits per heavy atom. The molecule has 51 heavy (non-hydrogen) atoms. The first-order chi connectivity index (χ1) is 24.1. The van der Waals surface area contributed by atoms with Gasteiger partial charge in [-0.2, -0.15) is 0 Å². The van der Waals surface area contributed by atoms with Crippen molar-refractivity contribution in [3.63, 3.8) is 0 Å². The molecule has 13 heteroatoms. The smallest absolute Gasteiger partial charge is 0.323 e. The van der Waals surface area contributed by atoms with Crippen molar-refractivity contribution in [2.24, 2.45) is 23.7 Å². The van der Waals surface area contributed by atoms with Crippen LogP contribution in [0.1, 0.15) is 52.5 Å². The van der Waals surface area contributed by atoms with Crippen molar-refractivity contribution in [3.05, 3.63) is 70.8 Å². The summed E-state index contributed by atoms with van der Waals surface area (Å²) >= 11 is 6.45. The minimum Gasteiger partial charge on any atom is -0.484 e. The second kappa shape index (κ2) is 14.4. The minimum absolute atomic E-state index is 0.0553. The summed E-state index contributed by atoms with van der Waals surface area (Å²) in [4.78, 5) is 47.1. The van der Waals surface area contributed by atoms with Crippen LogP contribution in [0.15, 0.2) is 60.2 Å². The van der Waals surface area contributed by atoms with Crippen LogP contribution < -0.4 is 15.1 Å². The Balaban J connectivity index is 1.22. The molecule has 276 valence electrons. The fraction of sp³-hybridized carbons (Fsp3) is 0.553. The Bertz CT molecular complexity index is 1670. The lowest BCUT2D eigenvalue weighted by Gasteiger charge is -2.56. The van der Waals surface area contributed by atoms with E-state index >= 15 is 0 Å². The van der Waals surface area contributed by atoms with E-state index in [1.54, 1.807) is 56.3 Å². The molecule has 2 aromatic carbocycles. The van der Waals surface area contributed by atoms with Gasteiger partial charge in [0.1, 0.15) is 23.0 Å². The molecule has 2 aliphatic carbocycles. The molecule has 3 N–H and O–H groups in total. The lowest BCUT2D eigenvalue weighted by Crippen LogP contribution is -2.66. The number of rotatable bonds is 9. The molecule has 0 bridgehead atoms. The molecule has 1 amide bonds. The van der Waals surface area contributed by atoms with Crippen molar-refractivity contribution >= 4 is 35.1 Å². The van der Waals surface area contributed by atoms with Crippen molar-refractivity contribution < 1.29 is 43.6 Å². The number of carbonyl (C=O) groups excluding carboxylic acids is 3. The van der Waals surface area contributed by atoms with Gasteiger partial charge in [-0.1, -0.05) is 61.9 Å². The summed E-state index contributed by atoms with van der Waals surface area (Å²) in [6.45, 7) is 7.37. The minimum atomic E-state index is -1.61. The van der Waals surface area contributed by atoms with Gasteiger partial charge in [-0.15, -0.1) is 0 Å². The number of esters is 2. The first kappa shape index (κ1) is 37.1. The Labute approximate surface area is 303 Å².